The third kappa shape index (κ3) is 1.58. The number of allylic oxidation sites excluding steroid dienone is 1. The molecule has 16 heavy (non-hydrogen) atoms. The summed E-state index contributed by atoms with van der Waals surface area (Å²) in [5.74, 6) is 2.17. The van der Waals surface area contributed by atoms with Crippen molar-refractivity contribution in [3.8, 4) is 0 Å². The molecule has 1 saturated carbocycles. The summed E-state index contributed by atoms with van der Waals surface area (Å²) in [7, 11) is 0. The van der Waals surface area contributed by atoms with Crippen molar-refractivity contribution in [3.05, 3.63) is 11.9 Å². The van der Waals surface area contributed by atoms with Gasteiger partial charge in [-0.3, -0.25) is 0 Å². The third-order valence-electron chi connectivity index (χ3n) is 3.80. The highest BCUT2D eigenvalue weighted by atomic mass is 32.2. The second-order valence-electron chi connectivity index (χ2n) is 5.26. The van der Waals surface area contributed by atoms with E-state index in [1.54, 1.807) is 0 Å². The average Bonchev–Trinajstić information content (AvgIpc) is 2.16. The fourth-order valence-corrected chi connectivity index (χ4v) is 7.03. The van der Waals surface area contributed by atoms with Gasteiger partial charge in [0.05, 0.1) is 10.4 Å². The van der Waals surface area contributed by atoms with E-state index in [1.807, 2.05) is 23.5 Å². The maximum absolute atomic E-state index is 13.1. The standard InChI is InChI=1S/C13H23FS2/c1-7-15-13(16-8-2)11(3,4)10(9-14)12(13,5)6/h9H,7-8H2,1-6H3. The summed E-state index contributed by atoms with van der Waals surface area (Å²) in [5.41, 5.74) is 0.862. The molecule has 0 N–H and O–H groups in total. The van der Waals surface area contributed by atoms with Crippen LogP contribution < -0.4 is 0 Å². The molecular weight excluding hydrogens is 239 g/mol. The van der Waals surface area contributed by atoms with Crippen molar-refractivity contribution in [3.63, 3.8) is 0 Å². The van der Waals surface area contributed by atoms with Crippen LogP contribution in [0.3, 0.4) is 0 Å². The van der Waals surface area contributed by atoms with Crippen LogP contribution in [0.15, 0.2) is 11.9 Å². The first-order chi connectivity index (χ1) is 7.31. The molecule has 0 unspecified atom stereocenters. The van der Waals surface area contributed by atoms with Gasteiger partial charge in [0.15, 0.2) is 0 Å². The van der Waals surface area contributed by atoms with Crippen molar-refractivity contribution < 1.29 is 4.39 Å². The monoisotopic (exact) mass is 262 g/mol. The van der Waals surface area contributed by atoms with Crippen molar-refractivity contribution in [1.82, 2.24) is 0 Å². The lowest BCUT2D eigenvalue weighted by Gasteiger charge is -2.68. The zero-order chi connectivity index (χ0) is 12.6. The predicted octanol–water partition coefficient (Wildman–Crippen LogP) is 5.11. The molecule has 1 fully saturated rings. The Hall–Kier alpha value is 0.370. The fraction of sp³-hybridized carbons (Fsp3) is 0.846. The normalized spacial score (nSPS) is 25.1. The number of hydrogen-bond acceptors (Lipinski definition) is 2. The number of thioether (sulfide) groups is 2. The van der Waals surface area contributed by atoms with E-state index < -0.39 is 0 Å². The van der Waals surface area contributed by atoms with Crippen LogP contribution in [0, 0.1) is 10.8 Å². The largest absolute Gasteiger partial charge is 0.216 e. The highest BCUT2D eigenvalue weighted by Gasteiger charge is 2.69. The summed E-state index contributed by atoms with van der Waals surface area (Å²) in [5, 5.41) is 0. The number of halogens is 1. The van der Waals surface area contributed by atoms with E-state index in [4.69, 9.17) is 0 Å². The van der Waals surface area contributed by atoms with Crippen LogP contribution in [-0.2, 0) is 0 Å². The van der Waals surface area contributed by atoms with Gasteiger partial charge in [0.1, 0.15) is 0 Å². The third-order valence-corrected chi connectivity index (χ3v) is 7.94. The molecule has 0 aliphatic heterocycles. The molecule has 0 saturated heterocycles. The summed E-state index contributed by atoms with van der Waals surface area (Å²) >= 11 is 3.96. The molecule has 0 radical (unpaired) electrons. The molecule has 94 valence electrons. The van der Waals surface area contributed by atoms with E-state index in [-0.39, 0.29) is 14.9 Å². The van der Waals surface area contributed by atoms with Crippen LogP contribution >= 0.6 is 23.5 Å². The van der Waals surface area contributed by atoms with Crippen molar-refractivity contribution in [1.29, 1.82) is 0 Å². The van der Waals surface area contributed by atoms with Gasteiger partial charge in [-0.15, -0.1) is 23.5 Å². The van der Waals surface area contributed by atoms with E-state index in [1.165, 1.54) is 0 Å². The Bertz CT molecular complexity index is 266. The van der Waals surface area contributed by atoms with Crippen LogP contribution in [0.1, 0.15) is 41.5 Å². The van der Waals surface area contributed by atoms with Gasteiger partial charge in [-0.2, -0.15) is 0 Å². The van der Waals surface area contributed by atoms with E-state index >= 15 is 0 Å². The number of rotatable bonds is 4. The molecule has 0 spiro atoms. The minimum atomic E-state index is -0.0490. The van der Waals surface area contributed by atoms with Crippen LogP contribution in [0.4, 0.5) is 4.39 Å². The van der Waals surface area contributed by atoms with Gasteiger partial charge >= 0.3 is 0 Å². The van der Waals surface area contributed by atoms with Crippen LogP contribution in [-0.4, -0.2) is 15.6 Å². The Morgan fingerprint density at radius 1 is 1.00 bits per heavy atom. The second-order valence-corrected chi connectivity index (χ2v) is 8.47. The lowest BCUT2D eigenvalue weighted by molar-refractivity contribution is 0.114. The highest BCUT2D eigenvalue weighted by Crippen LogP contribution is 2.75. The molecule has 0 nitrogen and oxygen atoms in total. The molecule has 0 aromatic heterocycles. The van der Waals surface area contributed by atoms with E-state index in [9.17, 15) is 4.39 Å². The average molecular weight is 262 g/mol. The Morgan fingerprint density at radius 3 is 1.62 bits per heavy atom. The summed E-state index contributed by atoms with van der Waals surface area (Å²) < 4.78 is 13.2. The summed E-state index contributed by atoms with van der Waals surface area (Å²) in [6.45, 7) is 13.1. The van der Waals surface area contributed by atoms with Gasteiger partial charge in [-0.05, 0) is 17.1 Å². The number of hydrogen-bond donors (Lipinski definition) is 0. The molecule has 3 heteroatoms. The maximum Gasteiger partial charge on any atom is 0.0871 e. The smallest absolute Gasteiger partial charge is 0.0871 e. The first-order valence-electron chi connectivity index (χ1n) is 5.91. The Balaban J connectivity index is 3.18. The molecule has 0 atom stereocenters. The minimum absolute atomic E-state index is 0.0490. The lowest BCUT2D eigenvalue weighted by atomic mass is 9.51. The van der Waals surface area contributed by atoms with Gasteiger partial charge in [-0.1, -0.05) is 41.5 Å². The maximum atomic E-state index is 13.1. The van der Waals surface area contributed by atoms with Crippen LogP contribution in [0.2, 0.25) is 0 Å². The zero-order valence-corrected chi connectivity index (χ0v) is 12.8. The zero-order valence-electron chi connectivity index (χ0n) is 11.2. The summed E-state index contributed by atoms with van der Waals surface area (Å²) in [4.78, 5) is 0. The first-order valence-corrected chi connectivity index (χ1v) is 7.88. The molecule has 1 rings (SSSR count). The molecule has 0 aromatic carbocycles. The van der Waals surface area contributed by atoms with Crippen molar-refractivity contribution in [2.45, 2.75) is 45.6 Å². The Labute approximate surface area is 108 Å². The minimum Gasteiger partial charge on any atom is -0.216 e. The summed E-state index contributed by atoms with van der Waals surface area (Å²) in [6, 6.07) is 0. The molecule has 1 aliphatic rings. The van der Waals surface area contributed by atoms with Gasteiger partial charge in [0, 0.05) is 10.8 Å². The molecule has 0 amide bonds. The Kier molecular flexibility index (Phi) is 4.12. The SMILES string of the molecule is CCSC1(SCC)C(C)(C)C(=CF)C1(C)C. The molecule has 0 bridgehead atoms. The highest BCUT2D eigenvalue weighted by molar-refractivity contribution is 8.18. The molecule has 0 aromatic rings. The van der Waals surface area contributed by atoms with Gasteiger partial charge < -0.3 is 0 Å². The van der Waals surface area contributed by atoms with Crippen LogP contribution in [0.25, 0.3) is 0 Å². The van der Waals surface area contributed by atoms with Gasteiger partial charge in [0.2, 0.25) is 0 Å². The van der Waals surface area contributed by atoms with Crippen LogP contribution in [0.5, 0.6) is 0 Å². The van der Waals surface area contributed by atoms with E-state index in [2.05, 4.69) is 41.5 Å². The predicted molar refractivity (Wildman–Crippen MR) is 75.7 cm³/mol. The quantitative estimate of drug-likeness (QED) is 0.646. The van der Waals surface area contributed by atoms with E-state index in [0.717, 1.165) is 23.4 Å². The van der Waals surface area contributed by atoms with Crippen molar-refractivity contribution in [2.75, 3.05) is 11.5 Å². The second kappa shape index (κ2) is 4.56. The van der Waals surface area contributed by atoms with Crippen molar-refractivity contribution in [2.24, 2.45) is 10.8 Å². The van der Waals surface area contributed by atoms with Gasteiger partial charge in [0.25, 0.3) is 0 Å². The summed E-state index contributed by atoms with van der Waals surface area (Å²) in [6.07, 6.45) is 0.838. The van der Waals surface area contributed by atoms with Gasteiger partial charge in [-0.25, -0.2) is 4.39 Å². The lowest BCUT2D eigenvalue weighted by Crippen LogP contribution is -2.64. The topological polar surface area (TPSA) is 0 Å². The molecular formula is C13H23FS2. The fourth-order valence-electron chi connectivity index (χ4n) is 3.30. The molecule has 0 heterocycles. The first kappa shape index (κ1) is 14.4. The Morgan fingerprint density at radius 2 is 1.38 bits per heavy atom. The van der Waals surface area contributed by atoms with Crippen molar-refractivity contribution >= 4 is 23.5 Å². The van der Waals surface area contributed by atoms with E-state index in [0.29, 0.717) is 0 Å². The molecule has 1 aliphatic carbocycles.